The predicted molar refractivity (Wildman–Crippen MR) is 296 cm³/mol. The van der Waals surface area contributed by atoms with Crippen LogP contribution in [0.4, 0.5) is 0 Å². The van der Waals surface area contributed by atoms with Gasteiger partial charge in [0.05, 0.1) is 25.4 Å². The lowest BCUT2D eigenvalue weighted by atomic mass is 9.99. The Labute approximate surface area is 442 Å². The van der Waals surface area contributed by atoms with Gasteiger partial charge < -0.3 is 35.2 Å². The maximum absolute atomic E-state index is 13.1. The molecule has 13 heteroatoms. The van der Waals surface area contributed by atoms with Crippen molar-refractivity contribution < 1.29 is 51.8 Å². The van der Waals surface area contributed by atoms with Gasteiger partial charge in [-0.1, -0.05) is 263 Å². The van der Waals surface area contributed by atoms with E-state index >= 15 is 0 Å². The van der Waals surface area contributed by atoms with Gasteiger partial charge in [0.2, 0.25) is 5.91 Å². The molecule has 1 saturated heterocycles. The molecular weight excluding hydrogens is 931 g/mol. The van der Waals surface area contributed by atoms with Gasteiger partial charge in [-0.05, 0) is 44.9 Å². The van der Waals surface area contributed by atoms with Crippen LogP contribution in [0.1, 0.15) is 290 Å². The van der Waals surface area contributed by atoms with Gasteiger partial charge in [-0.2, -0.15) is 8.42 Å². The standard InChI is InChI=1S/C59H113NO11S/c1-3-5-7-9-11-13-15-16-17-18-19-20-21-22-23-24-25-26-27-28-29-30-31-32-33-34-35-36-37-38-39-41-43-45-47-49-55(63)60-52(53(62)48-46-44-42-40-14-12-10-8-6-4-2)51-69-59-57(65)58(71-72(66,67)68)56(64)54(50-61)70-59/h24-25,46,48,52-54,56-59,61-62,64-65H,3-23,26-45,47,49-51H2,1-2H3,(H,60,63)(H,66,67,68)/b25-24-,48-46+. The molecule has 0 bridgehead atoms. The number of rotatable bonds is 53. The molecule has 0 aromatic carbocycles. The molecule has 426 valence electrons. The highest BCUT2D eigenvalue weighted by molar-refractivity contribution is 7.80. The van der Waals surface area contributed by atoms with E-state index in [9.17, 15) is 38.2 Å². The lowest BCUT2D eigenvalue weighted by Gasteiger charge is -2.41. The molecule has 7 atom stereocenters. The van der Waals surface area contributed by atoms with Crippen LogP contribution in [-0.2, 0) is 28.9 Å². The second kappa shape index (κ2) is 49.2. The zero-order valence-corrected chi connectivity index (χ0v) is 47.1. The molecule has 0 aromatic rings. The Bertz CT molecular complexity index is 1370. The fraction of sp³-hybridized carbons (Fsp3) is 0.915. The fourth-order valence-electron chi connectivity index (χ4n) is 9.81. The Morgan fingerprint density at radius 1 is 0.542 bits per heavy atom. The quantitative estimate of drug-likeness (QED) is 0.0193. The summed E-state index contributed by atoms with van der Waals surface area (Å²) in [5.41, 5.74) is 0. The van der Waals surface area contributed by atoms with E-state index in [2.05, 4.69) is 35.5 Å². The van der Waals surface area contributed by atoms with Crippen LogP contribution in [0.5, 0.6) is 0 Å². The SMILES string of the molecule is CCCCCCCCCC/C=C/C(O)C(COC1OC(CO)C(O)C(OS(=O)(=O)O)C1O)NC(=O)CCCCCCCCCCCCCCCCCCC/C=C\CCCCCCCCCCCCCCCC. The minimum absolute atomic E-state index is 0.260. The third-order valence-corrected chi connectivity index (χ3v) is 14.9. The summed E-state index contributed by atoms with van der Waals surface area (Å²) in [6, 6.07) is -0.940. The van der Waals surface area contributed by atoms with E-state index in [1.165, 1.54) is 225 Å². The number of hydrogen-bond acceptors (Lipinski definition) is 10. The molecule has 1 fully saturated rings. The summed E-state index contributed by atoms with van der Waals surface area (Å²) in [6.45, 7) is 3.39. The summed E-state index contributed by atoms with van der Waals surface area (Å²) in [4.78, 5) is 13.1. The monoisotopic (exact) mass is 1040 g/mol. The molecule has 6 N–H and O–H groups in total. The first-order valence-electron chi connectivity index (χ1n) is 30.2. The first-order valence-corrected chi connectivity index (χ1v) is 31.6. The number of carbonyl (C=O) groups is 1. The molecular formula is C59H113NO11S. The van der Waals surface area contributed by atoms with Crippen molar-refractivity contribution in [3.05, 3.63) is 24.3 Å². The van der Waals surface area contributed by atoms with Crippen molar-refractivity contribution in [1.82, 2.24) is 5.32 Å². The number of aliphatic hydroxyl groups is 4. The number of ether oxygens (including phenoxy) is 2. The summed E-state index contributed by atoms with van der Waals surface area (Å²) in [5, 5.41) is 44.8. The molecule has 1 heterocycles. The van der Waals surface area contributed by atoms with Crippen molar-refractivity contribution in [3.63, 3.8) is 0 Å². The smallest absolute Gasteiger partial charge is 0.394 e. The van der Waals surface area contributed by atoms with Crippen LogP contribution in [0.2, 0.25) is 0 Å². The average Bonchev–Trinajstić information content (AvgIpc) is 3.36. The molecule has 1 aliphatic heterocycles. The highest BCUT2D eigenvalue weighted by Crippen LogP contribution is 2.26. The predicted octanol–water partition coefficient (Wildman–Crippen LogP) is 14.4. The summed E-state index contributed by atoms with van der Waals surface area (Å²) in [6.07, 6.45) is 52.8. The van der Waals surface area contributed by atoms with Gasteiger partial charge in [-0.25, -0.2) is 4.18 Å². The Morgan fingerprint density at radius 3 is 1.25 bits per heavy atom. The molecule has 12 nitrogen and oxygen atoms in total. The van der Waals surface area contributed by atoms with Crippen LogP contribution < -0.4 is 5.32 Å². The number of nitrogens with one attached hydrogen (secondary N) is 1. The highest BCUT2D eigenvalue weighted by atomic mass is 32.3. The molecule has 0 radical (unpaired) electrons. The first-order chi connectivity index (χ1) is 35.0. The van der Waals surface area contributed by atoms with Crippen molar-refractivity contribution in [3.8, 4) is 0 Å². The van der Waals surface area contributed by atoms with Gasteiger partial charge in [0.15, 0.2) is 6.29 Å². The number of aliphatic hydroxyl groups excluding tert-OH is 4. The summed E-state index contributed by atoms with van der Waals surface area (Å²) in [5.74, 6) is -0.260. The topological polar surface area (TPSA) is 192 Å². The zero-order valence-electron chi connectivity index (χ0n) is 46.3. The number of amides is 1. The number of hydrogen-bond donors (Lipinski definition) is 6. The third-order valence-electron chi connectivity index (χ3n) is 14.5. The van der Waals surface area contributed by atoms with Gasteiger partial charge >= 0.3 is 10.4 Å². The lowest BCUT2D eigenvalue weighted by molar-refractivity contribution is -0.298. The molecule has 0 aliphatic carbocycles. The second-order valence-corrected chi connectivity index (χ2v) is 22.3. The Morgan fingerprint density at radius 2 is 0.889 bits per heavy atom. The minimum atomic E-state index is -5.08. The number of unbranched alkanes of at least 4 members (excludes halogenated alkanes) is 39. The number of allylic oxidation sites excluding steroid dienone is 3. The minimum Gasteiger partial charge on any atom is -0.394 e. The van der Waals surface area contributed by atoms with Crippen LogP contribution in [0.15, 0.2) is 24.3 Å². The average molecular weight is 1040 g/mol. The third kappa shape index (κ3) is 40.8. The van der Waals surface area contributed by atoms with E-state index in [0.717, 1.165) is 38.5 Å². The van der Waals surface area contributed by atoms with Crippen molar-refractivity contribution in [2.75, 3.05) is 13.2 Å². The van der Waals surface area contributed by atoms with Crippen LogP contribution in [-0.4, -0.2) is 95.4 Å². The van der Waals surface area contributed by atoms with Gasteiger partial charge in [0.1, 0.15) is 24.4 Å². The van der Waals surface area contributed by atoms with Gasteiger partial charge in [-0.15, -0.1) is 0 Å². The molecule has 0 saturated carbocycles. The van der Waals surface area contributed by atoms with E-state index in [4.69, 9.17) is 9.47 Å². The van der Waals surface area contributed by atoms with E-state index in [1.807, 2.05) is 6.08 Å². The maximum atomic E-state index is 13.1. The van der Waals surface area contributed by atoms with Crippen molar-refractivity contribution >= 4 is 16.3 Å². The molecule has 0 aromatic heterocycles. The lowest BCUT2D eigenvalue weighted by Crippen LogP contribution is -2.61. The molecule has 1 rings (SSSR count). The molecule has 0 spiro atoms. The fourth-order valence-corrected chi connectivity index (χ4v) is 10.3. The maximum Gasteiger partial charge on any atom is 0.397 e. The van der Waals surface area contributed by atoms with Crippen molar-refractivity contribution in [2.45, 2.75) is 333 Å². The van der Waals surface area contributed by atoms with Gasteiger partial charge in [0.25, 0.3) is 0 Å². The Kier molecular flexibility index (Phi) is 46.8. The van der Waals surface area contributed by atoms with Crippen LogP contribution in [0, 0.1) is 0 Å². The van der Waals surface area contributed by atoms with Gasteiger partial charge in [0, 0.05) is 6.42 Å². The van der Waals surface area contributed by atoms with Crippen LogP contribution in [0.3, 0.4) is 0 Å². The van der Waals surface area contributed by atoms with Crippen LogP contribution in [0.25, 0.3) is 0 Å². The van der Waals surface area contributed by atoms with E-state index in [1.54, 1.807) is 6.08 Å². The zero-order chi connectivity index (χ0) is 52.6. The van der Waals surface area contributed by atoms with Gasteiger partial charge in [-0.3, -0.25) is 9.35 Å². The Hall–Kier alpha value is -1.42. The van der Waals surface area contributed by atoms with Crippen molar-refractivity contribution in [1.29, 1.82) is 0 Å². The molecule has 1 amide bonds. The van der Waals surface area contributed by atoms with E-state index in [-0.39, 0.29) is 18.9 Å². The summed E-state index contributed by atoms with van der Waals surface area (Å²) < 4.78 is 47.7. The number of carbonyl (C=O) groups excluding carboxylic acids is 1. The molecule has 7 unspecified atom stereocenters. The Balaban J connectivity index is 2.15. The first kappa shape index (κ1) is 68.6. The second-order valence-electron chi connectivity index (χ2n) is 21.3. The van der Waals surface area contributed by atoms with E-state index in [0.29, 0.717) is 6.42 Å². The van der Waals surface area contributed by atoms with Crippen LogP contribution >= 0.6 is 0 Å². The highest BCUT2D eigenvalue weighted by Gasteiger charge is 2.48. The van der Waals surface area contributed by atoms with E-state index < -0.39 is 59.9 Å². The van der Waals surface area contributed by atoms with Crippen molar-refractivity contribution in [2.24, 2.45) is 0 Å². The summed E-state index contributed by atoms with van der Waals surface area (Å²) >= 11 is 0. The molecule has 1 aliphatic rings. The normalized spacial score (nSPS) is 19.5. The summed E-state index contributed by atoms with van der Waals surface area (Å²) in [7, 11) is -5.08. The largest absolute Gasteiger partial charge is 0.397 e. The molecule has 72 heavy (non-hydrogen) atoms.